The molecule has 1 aromatic rings. The molecule has 0 aliphatic carbocycles. The third kappa shape index (κ3) is 3.35. The molecule has 0 spiro atoms. The second-order valence-corrected chi connectivity index (χ2v) is 7.33. The normalized spacial score (nSPS) is 20.9. The van der Waals surface area contributed by atoms with E-state index in [1.54, 1.807) is 0 Å². The first kappa shape index (κ1) is 15.4. The Morgan fingerprint density at radius 3 is 2.35 bits per heavy atom. The predicted molar refractivity (Wildman–Crippen MR) is 85.0 cm³/mol. The predicted octanol–water partition coefficient (Wildman–Crippen LogP) is 4.61. The van der Waals surface area contributed by atoms with Crippen molar-refractivity contribution in [2.24, 2.45) is 17.6 Å². The molecule has 0 aromatic heterocycles. The number of hydrogen-bond acceptors (Lipinski definition) is 2. The Labute approximate surface area is 123 Å². The molecule has 0 saturated carbocycles. The molecule has 0 unspecified atom stereocenters. The Kier molecular flexibility index (Phi) is 4.43. The largest absolute Gasteiger partial charge is 0.487 e. The summed E-state index contributed by atoms with van der Waals surface area (Å²) < 4.78 is 6.49. The van der Waals surface area contributed by atoms with Gasteiger partial charge >= 0.3 is 0 Å². The van der Waals surface area contributed by atoms with E-state index in [1.165, 1.54) is 11.1 Å². The van der Waals surface area contributed by atoms with Gasteiger partial charge in [0.2, 0.25) is 0 Å². The van der Waals surface area contributed by atoms with Gasteiger partial charge in [-0.2, -0.15) is 0 Å². The highest BCUT2D eigenvalue weighted by atomic mass is 16.5. The third-order valence-corrected chi connectivity index (χ3v) is 4.04. The number of nitrogens with two attached hydrogens (primary N) is 1. The number of ether oxygens (including phenoxy) is 1. The van der Waals surface area contributed by atoms with Crippen LogP contribution in [0, 0.1) is 18.8 Å². The van der Waals surface area contributed by atoms with Crippen molar-refractivity contribution in [2.45, 2.75) is 65.5 Å². The van der Waals surface area contributed by atoms with Crippen molar-refractivity contribution in [1.29, 1.82) is 0 Å². The van der Waals surface area contributed by atoms with Crippen LogP contribution in [0.2, 0.25) is 0 Å². The van der Waals surface area contributed by atoms with Crippen molar-refractivity contribution in [2.75, 3.05) is 0 Å². The van der Waals surface area contributed by atoms with Crippen molar-refractivity contribution in [1.82, 2.24) is 0 Å². The van der Waals surface area contributed by atoms with E-state index >= 15 is 0 Å². The molecule has 1 atom stereocenters. The summed E-state index contributed by atoms with van der Waals surface area (Å²) in [7, 11) is 0. The Bertz CT molecular complexity index is 454. The van der Waals surface area contributed by atoms with E-state index in [0.29, 0.717) is 11.8 Å². The lowest BCUT2D eigenvalue weighted by atomic mass is 9.77. The fourth-order valence-corrected chi connectivity index (χ4v) is 3.66. The minimum atomic E-state index is -0.0932. The molecule has 0 radical (unpaired) electrons. The molecule has 112 valence electrons. The summed E-state index contributed by atoms with van der Waals surface area (Å²) in [5.74, 6) is 2.23. The summed E-state index contributed by atoms with van der Waals surface area (Å²) in [5.41, 5.74) is 8.80. The van der Waals surface area contributed by atoms with Crippen LogP contribution in [0.15, 0.2) is 18.2 Å². The summed E-state index contributed by atoms with van der Waals surface area (Å²) >= 11 is 0. The minimum Gasteiger partial charge on any atom is -0.487 e. The van der Waals surface area contributed by atoms with E-state index in [-0.39, 0.29) is 11.6 Å². The number of benzene rings is 1. The maximum Gasteiger partial charge on any atom is 0.124 e. The van der Waals surface area contributed by atoms with E-state index in [0.717, 1.165) is 25.0 Å². The molecular formula is C18H29NO. The lowest BCUT2D eigenvalue weighted by Crippen LogP contribution is -2.45. The van der Waals surface area contributed by atoms with Gasteiger partial charge in [0.15, 0.2) is 0 Å². The highest BCUT2D eigenvalue weighted by Gasteiger charge is 2.40. The van der Waals surface area contributed by atoms with E-state index < -0.39 is 0 Å². The lowest BCUT2D eigenvalue weighted by molar-refractivity contribution is -0.00163. The Morgan fingerprint density at radius 1 is 1.20 bits per heavy atom. The van der Waals surface area contributed by atoms with Crippen LogP contribution in [0.4, 0.5) is 0 Å². The standard InChI is InChI=1S/C18H29NO/c1-12(2)9-18(10-13(3)4)11-16(19)15-8-14(5)6-7-17(15)20-18/h6-8,12-13,16H,9-11,19H2,1-5H3/t16-/m0/s1. The summed E-state index contributed by atoms with van der Waals surface area (Å²) in [4.78, 5) is 0. The quantitative estimate of drug-likeness (QED) is 0.871. The van der Waals surface area contributed by atoms with Crippen LogP contribution in [0.5, 0.6) is 5.75 Å². The molecule has 1 aliphatic heterocycles. The number of aryl methyl sites for hydroxylation is 1. The fraction of sp³-hybridized carbons (Fsp3) is 0.667. The van der Waals surface area contributed by atoms with Crippen LogP contribution in [-0.2, 0) is 0 Å². The van der Waals surface area contributed by atoms with Crippen LogP contribution in [-0.4, -0.2) is 5.60 Å². The fourth-order valence-electron chi connectivity index (χ4n) is 3.66. The highest BCUT2D eigenvalue weighted by Crippen LogP contribution is 2.44. The first-order chi connectivity index (χ1) is 9.31. The van der Waals surface area contributed by atoms with Gasteiger partial charge in [-0.25, -0.2) is 0 Å². The van der Waals surface area contributed by atoms with Crippen LogP contribution in [0.3, 0.4) is 0 Å². The van der Waals surface area contributed by atoms with Gasteiger partial charge in [0.05, 0.1) is 0 Å². The second-order valence-electron chi connectivity index (χ2n) is 7.33. The summed E-state index contributed by atoms with van der Waals surface area (Å²) in [6.07, 6.45) is 3.08. The topological polar surface area (TPSA) is 35.2 Å². The van der Waals surface area contributed by atoms with E-state index in [2.05, 4.69) is 52.8 Å². The molecule has 2 rings (SSSR count). The van der Waals surface area contributed by atoms with Crippen molar-refractivity contribution in [3.8, 4) is 5.75 Å². The average molecular weight is 275 g/mol. The smallest absolute Gasteiger partial charge is 0.124 e. The van der Waals surface area contributed by atoms with E-state index in [4.69, 9.17) is 10.5 Å². The van der Waals surface area contributed by atoms with Gasteiger partial charge in [-0.3, -0.25) is 0 Å². The minimum absolute atomic E-state index is 0.0932. The Balaban J connectivity index is 2.34. The molecule has 0 amide bonds. The first-order valence-electron chi connectivity index (χ1n) is 7.86. The van der Waals surface area contributed by atoms with Gasteiger partial charge in [-0.1, -0.05) is 45.4 Å². The second kappa shape index (κ2) is 5.77. The average Bonchev–Trinajstić information content (AvgIpc) is 2.28. The Hall–Kier alpha value is -1.02. The molecule has 20 heavy (non-hydrogen) atoms. The molecule has 1 aromatic carbocycles. The van der Waals surface area contributed by atoms with Crippen molar-refractivity contribution >= 4 is 0 Å². The van der Waals surface area contributed by atoms with Crippen LogP contribution in [0.1, 0.15) is 64.1 Å². The number of rotatable bonds is 4. The van der Waals surface area contributed by atoms with Crippen LogP contribution >= 0.6 is 0 Å². The molecule has 0 fully saturated rings. The molecule has 1 aliphatic rings. The molecular weight excluding hydrogens is 246 g/mol. The highest BCUT2D eigenvalue weighted by molar-refractivity contribution is 5.41. The first-order valence-corrected chi connectivity index (χ1v) is 7.86. The van der Waals surface area contributed by atoms with Crippen molar-refractivity contribution in [3.05, 3.63) is 29.3 Å². The third-order valence-electron chi connectivity index (χ3n) is 4.04. The molecule has 1 heterocycles. The van der Waals surface area contributed by atoms with Gasteiger partial charge in [0.25, 0.3) is 0 Å². The SMILES string of the molecule is Cc1ccc2c(c1)[C@@H](N)CC(CC(C)C)(CC(C)C)O2. The lowest BCUT2D eigenvalue weighted by Gasteiger charge is -2.43. The summed E-state index contributed by atoms with van der Waals surface area (Å²) in [6, 6.07) is 6.48. The summed E-state index contributed by atoms with van der Waals surface area (Å²) in [5, 5.41) is 0. The van der Waals surface area contributed by atoms with Crippen LogP contribution in [0.25, 0.3) is 0 Å². The number of hydrogen-bond donors (Lipinski definition) is 1. The maximum atomic E-state index is 6.49. The van der Waals surface area contributed by atoms with Gasteiger partial charge in [0, 0.05) is 18.0 Å². The molecule has 2 heteroatoms. The maximum absolute atomic E-state index is 6.49. The van der Waals surface area contributed by atoms with Gasteiger partial charge in [-0.05, 0) is 37.7 Å². The van der Waals surface area contributed by atoms with Crippen LogP contribution < -0.4 is 10.5 Å². The molecule has 2 N–H and O–H groups in total. The molecule has 0 saturated heterocycles. The van der Waals surface area contributed by atoms with Gasteiger partial charge in [0.1, 0.15) is 11.4 Å². The van der Waals surface area contributed by atoms with Crippen molar-refractivity contribution in [3.63, 3.8) is 0 Å². The molecule has 2 nitrogen and oxygen atoms in total. The molecule has 0 bridgehead atoms. The monoisotopic (exact) mass is 275 g/mol. The zero-order chi connectivity index (χ0) is 14.9. The summed E-state index contributed by atoms with van der Waals surface area (Å²) in [6.45, 7) is 11.2. The van der Waals surface area contributed by atoms with Gasteiger partial charge < -0.3 is 10.5 Å². The van der Waals surface area contributed by atoms with Gasteiger partial charge in [-0.15, -0.1) is 0 Å². The van der Waals surface area contributed by atoms with Crippen molar-refractivity contribution < 1.29 is 4.74 Å². The van der Waals surface area contributed by atoms with E-state index in [1.807, 2.05) is 0 Å². The zero-order valence-electron chi connectivity index (χ0n) is 13.6. The Morgan fingerprint density at radius 2 is 1.80 bits per heavy atom. The zero-order valence-corrected chi connectivity index (χ0v) is 13.6. The van der Waals surface area contributed by atoms with E-state index in [9.17, 15) is 0 Å². The number of fused-ring (bicyclic) bond motifs is 1.